The molecule has 1 saturated carbocycles. The molecular weight excluding hydrogens is 200 g/mol. The van der Waals surface area contributed by atoms with Crippen molar-refractivity contribution >= 4 is 0 Å². The van der Waals surface area contributed by atoms with Crippen LogP contribution in [-0.2, 0) is 0 Å². The zero-order valence-corrected chi connectivity index (χ0v) is 11.1. The van der Waals surface area contributed by atoms with Crippen LogP contribution in [0.1, 0.15) is 52.9 Å². The number of aliphatic hydroxyl groups is 1. The van der Waals surface area contributed by atoms with Gasteiger partial charge >= 0.3 is 0 Å². The summed E-state index contributed by atoms with van der Waals surface area (Å²) in [6.07, 6.45) is 6.34. The highest BCUT2D eigenvalue weighted by molar-refractivity contribution is 4.77. The normalized spacial score (nSPS) is 21.0. The molecule has 1 aliphatic rings. The second kappa shape index (κ2) is 6.58. The summed E-state index contributed by atoms with van der Waals surface area (Å²) in [6.45, 7) is 7.74. The van der Waals surface area contributed by atoms with E-state index in [1.165, 1.54) is 32.1 Å². The SMILES string of the molecule is CC(C)(C)NCC(O)CNC1CCCCC1. The Morgan fingerprint density at radius 3 is 2.31 bits per heavy atom. The van der Waals surface area contributed by atoms with Gasteiger partial charge in [-0.25, -0.2) is 0 Å². The molecule has 1 atom stereocenters. The van der Waals surface area contributed by atoms with Crippen molar-refractivity contribution in [3.8, 4) is 0 Å². The summed E-state index contributed by atoms with van der Waals surface area (Å²) in [4.78, 5) is 0. The summed E-state index contributed by atoms with van der Waals surface area (Å²) in [5.74, 6) is 0. The smallest absolute Gasteiger partial charge is 0.0789 e. The summed E-state index contributed by atoms with van der Waals surface area (Å²) < 4.78 is 0. The third-order valence-corrected chi connectivity index (χ3v) is 3.12. The molecular formula is C13H28N2O. The van der Waals surface area contributed by atoms with Gasteiger partial charge in [0, 0.05) is 24.7 Å². The van der Waals surface area contributed by atoms with Gasteiger partial charge < -0.3 is 15.7 Å². The van der Waals surface area contributed by atoms with Gasteiger partial charge in [0.05, 0.1) is 6.10 Å². The molecule has 0 radical (unpaired) electrons. The maximum atomic E-state index is 9.82. The van der Waals surface area contributed by atoms with Crippen LogP contribution < -0.4 is 10.6 Å². The van der Waals surface area contributed by atoms with Gasteiger partial charge in [-0.15, -0.1) is 0 Å². The minimum atomic E-state index is -0.277. The molecule has 0 bridgehead atoms. The fraction of sp³-hybridized carbons (Fsp3) is 1.00. The van der Waals surface area contributed by atoms with E-state index in [0.717, 1.165) is 0 Å². The van der Waals surface area contributed by atoms with Crippen molar-refractivity contribution < 1.29 is 5.11 Å². The molecule has 96 valence electrons. The van der Waals surface area contributed by atoms with Gasteiger partial charge in [0.15, 0.2) is 0 Å². The summed E-state index contributed by atoms with van der Waals surface area (Å²) in [6, 6.07) is 0.637. The molecule has 0 aromatic heterocycles. The maximum absolute atomic E-state index is 9.82. The lowest BCUT2D eigenvalue weighted by molar-refractivity contribution is 0.151. The van der Waals surface area contributed by atoms with Gasteiger partial charge in [-0.2, -0.15) is 0 Å². The Hall–Kier alpha value is -0.120. The Kier molecular flexibility index (Phi) is 5.73. The minimum absolute atomic E-state index is 0.0891. The van der Waals surface area contributed by atoms with Gasteiger partial charge in [-0.1, -0.05) is 19.3 Å². The van der Waals surface area contributed by atoms with Crippen molar-refractivity contribution in [3.05, 3.63) is 0 Å². The summed E-state index contributed by atoms with van der Waals surface area (Å²) in [7, 11) is 0. The van der Waals surface area contributed by atoms with Crippen molar-refractivity contribution in [3.63, 3.8) is 0 Å². The number of nitrogens with one attached hydrogen (secondary N) is 2. The standard InChI is InChI=1S/C13H28N2O/c1-13(2,3)15-10-12(16)9-14-11-7-5-4-6-8-11/h11-12,14-16H,4-10H2,1-3H3. The number of hydrogen-bond acceptors (Lipinski definition) is 3. The van der Waals surface area contributed by atoms with E-state index in [-0.39, 0.29) is 11.6 Å². The molecule has 3 nitrogen and oxygen atoms in total. The molecule has 0 aromatic carbocycles. The van der Waals surface area contributed by atoms with E-state index in [9.17, 15) is 5.11 Å². The van der Waals surface area contributed by atoms with E-state index >= 15 is 0 Å². The number of rotatable bonds is 5. The van der Waals surface area contributed by atoms with Crippen LogP contribution in [0.2, 0.25) is 0 Å². The van der Waals surface area contributed by atoms with Crippen LogP contribution >= 0.6 is 0 Å². The summed E-state index contributed by atoms with van der Waals surface area (Å²) in [5, 5.41) is 16.6. The summed E-state index contributed by atoms with van der Waals surface area (Å²) in [5.41, 5.74) is 0.0891. The average molecular weight is 228 g/mol. The predicted molar refractivity (Wildman–Crippen MR) is 68.6 cm³/mol. The van der Waals surface area contributed by atoms with Crippen molar-refractivity contribution in [1.82, 2.24) is 10.6 Å². The predicted octanol–water partition coefficient (Wildman–Crippen LogP) is 1.66. The maximum Gasteiger partial charge on any atom is 0.0789 e. The van der Waals surface area contributed by atoms with Crippen LogP contribution in [0.15, 0.2) is 0 Å². The van der Waals surface area contributed by atoms with E-state index in [2.05, 4.69) is 31.4 Å². The monoisotopic (exact) mass is 228 g/mol. The van der Waals surface area contributed by atoms with Crippen LogP contribution in [0, 0.1) is 0 Å². The Balaban J connectivity index is 2.07. The van der Waals surface area contributed by atoms with E-state index < -0.39 is 0 Å². The minimum Gasteiger partial charge on any atom is -0.390 e. The molecule has 1 unspecified atom stereocenters. The molecule has 1 rings (SSSR count). The quantitative estimate of drug-likeness (QED) is 0.670. The number of aliphatic hydroxyl groups excluding tert-OH is 1. The van der Waals surface area contributed by atoms with Crippen molar-refractivity contribution in [2.75, 3.05) is 13.1 Å². The Morgan fingerprint density at radius 1 is 1.12 bits per heavy atom. The molecule has 1 aliphatic carbocycles. The molecule has 1 fully saturated rings. The zero-order valence-electron chi connectivity index (χ0n) is 11.1. The molecule has 0 amide bonds. The fourth-order valence-corrected chi connectivity index (χ4v) is 2.11. The number of hydrogen-bond donors (Lipinski definition) is 3. The van der Waals surface area contributed by atoms with Gasteiger partial charge in [0.25, 0.3) is 0 Å². The fourth-order valence-electron chi connectivity index (χ4n) is 2.11. The highest BCUT2D eigenvalue weighted by atomic mass is 16.3. The van der Waals surface area contributed by atoms with Crippen LogP contribution in [0.3, 0.4) is 0 Å². The van der Waals surface area contributed by atoms with Crippen molar-refractivity contribution in [1.29, 1.82) is 0 Å². The van der Waals surface area contributed by atoms with Crippen LogP contribution in [-0.4, -0.2) is 35.9 Å². The first-order chi connectivity index (χ1) is 7.47. The van der Waals surface area contributed by atoms with Gasteiger partial charge in [-0.3, -0.25) is 0 Å². The lowest BCUT2D eigenvalue weighted by atomic mass is 9.95. The Labute approximate surface area is 100 Å². The Bertz CT molecular complexity index is 183. The third kappa shape index (κ3) is 6.46. The molecule has 3 heteroatoms. The summed E-state index contributed by atoms with van der Waals surface area (Å²) >= 11 is 0. The molecule has 3 N–H and O–H groups in total. The van der Waals surface area contributed by atoms with Gasteiger partial charge in [-0.05, 0) is 33.6 Å². The first-order valence-electron chi connectivity index (χ1n) is 6.64. The van der Waals surface area contributed by atoms with Crippen LogP contribution in [0.25, 0.3) is 0 Å². The number of β-amino-alcohol motifs (C(OH)–C–C–N with tert-alkyl or cyclic N) is 1. The van der Waals surface area contributed by atoms with E-state index in [4.69, 9.17) is 0 Å². The first kappa shape index (κ1) is 13.9. The second-order valence-corrected chi connectivity index (χ2v) is 6.03. The largest absolute Gasteiger partial charge is 0.390 e. The van der Waals surface area contributed by atoms with Crippen LogP contribution in [0.5, 0.6) is 0 Å². The molecule has 0 aromatic rings. The molecule has 0 spiro atoms. The van der Waals surface area contributed by atoms with Crippen molar-refractivity contribution in [2.24, 2.45) is 0 Å². The highest BCUT2D eigenvalue weighted by Crippen LogP contribution is 2.17. The molecule has 16 heavy (non-hydrogen) atoms. The second-order valence-electron chi connectivity index (χ2n) is 6.03. The molecule has 0 heterocycles. The topological polar surface area (TPSA) is 44.3 Å². The molecule has 0 aliphatic heterocycles. The third-order valence-electron chi connectivity index (χ3n) is 3.12. The van der Waals surface area contributed by atoms with Gasteiger partial charge in [0.2, 0.25) is 0 Å². The zero-order chi connectivity index (χ0) is 12.0. The van der Waals surface area contributed by atoms with E-state index in [0.29, 0.717) is 19.1 Å². The van der Waals surface area contributed by atoms with E-state index in [1.807, 2.05) is 0 Å². The molecule has 0 saturated heterocycles. The lowest BCUT2D eigenvalue weighted by Crippen LogP contribution is -2.45. The van der Waals surface area contributed by atoms with Crippen LogP contribution in [0.4, 0.5) is 0 Å². The Morgan fingerprint density at radius 2 is 1.75 bits per heavy atom. The van der Waals surface area contributed by atoms with Gasteiger partial charge in [0.1, 0.15) is 0 Å². The first-order valence-corrected chi connectivity index (χ1v) is 6.64. The average Bonchev–Trinajstić information content (AvgIpc) is 2.24. The van der Waals surface area contributed by atoms with Crippen molar-refractivity contribution in [2.45, 2.75) is 70.6 Å². The lowest BCUT2D eigenvalue weighted by Gasteiger charge is -2.26. The van der Waals surface area contributed by atoms with E-state index in [1.54, 1.807) is 0 Å². The highest BCUT2D eigenvalue weighted by Gasteiger charge is 2.15.